The van der Waals surface area contributed by atoms with Crippen molar-refractivity contribution in [3.8, 4) is 11.5 Å². The van der Waals surface area contributed by atoms with Crippen LogP contribution < -0.4 is 0 Å². The summed E-state index contributed by atoms with van der Waals surface area (Å²) in [5.41, 5.74) is 0.571. The first-order chi connectivity index (χ1) is 6.36. The standard InChI is InChI=1S/C9H6FN3/c10-7-2-3-8(13-6-7)9-11-4-1-5-12-9/h1-6H. The highest BCUT2D eigenvalue weighted by Crippen LogP contribution is 2.09. The number of hydrogen-bond donors (Lipinski definition) is 0. The molecule has 2 aromatic heterocycles. The Morgan fingerprint density at radius 2 is 1.77 bits per heavy atom. The van der Waals surface area contributed by atoms with Crippen molar-refractivity contribution in [2.24, 2.45) is 0 Å². The lowest BCUT2D eigenvalue weighted by molar-refractivity contribution is 0.621. The van der Waals surface area contributed by atoms with Crippen LogP contribution in [0.15, 0.2) is 36.8 Å². The van der Waals surface area contributed by atoms with E-state index < -0.39 is 0 Å². The first kappa shape index (κ1) is 7.79. The first-order valence-electron chi connectivity index (χ1n) is 3.75. The van der Waals surface area contributed by atoms with Gasteiger partial charge in [0.2, 0.25) is 0 Å². The molecule has 0 saturated carbocycles. The third-order valence-corrected chi connectivity index (χ3v) is 1.52. The van der Waals surface area contributed by atoms with E-state index in [1.54, 1.807) is 24.5 Å². The van der Waals surface area contributed by atoms with E-state index in [1.165, 1.54) is 6.07 Å². The second-order valence-corrected chi connectivity index (χ2v) is 2.43. The van der Waals surface area contributed by atoms with Crippen LogP contribution in [-0.4, -0.2) is 15.0 Å². The van der Waals surface area contributed by atoms with Crippen molar-refractivity contribution in [3.63, 3.8) is 0 Å². The molecule has 13 heavy (non-hydrogen) atoms. The van der Waals surface area contributed by atoms with Gasteiger partial charge in [-0.15, -0.1) is 0 Å². The van der Waals surface area contributed by atoms with Gasteiger partial charge in [-0.25, -0.2) is 19.3 Å². The highest BCUT2D eigenvalue weighted by Gasteiger charge is 2.00. The molecule has 0 aliphatic rings. The molecular formula is C9H6FN3. The van der Waals surface area contributed by atoms with Crippen molar-refractivity contribution < 1.29 is 4.39 Å². The maximum Gasteiger partial charge on any atom is 0.178 e. The molecule has 0 atom stereocenters. The van der Waals surface area contributed by atoms with Gasteiger partial charge >= 0.3 is 0 Å². The van der Waals surface area contributed by atoms with Gasteiger partial charge in [-0.2, -0.15) is 0 Å². The van der Waals surface area contributed by atoms with Crippen LogP contribution in [0.5, 0.6) is 0 Å². The molecule has 0 unspecified atom stereocenters. The van der Waals surface area contributed by atoms with Gasteiger partial charge in [-0.1, -0.05) is 0 Å². The Bertz CT molecular complexity index is 385. The molecule has 0 saturated heterocycles. The van der Waals surface area contributed by atoms with Crippen LogP contribution in [0.1, 0.15) is 0 Å². The van der Waals surface area contributed by atoms with Gasteiger partial charge in [0.25, 0.3) is 0 Å². The molecule has 0 aromatic carbocycles. The van der Waals surface area contributed by atoms with E-state index in [0.717, 1.165) is 6.20 Å². The molecule has 0 aliphatic heterocycles. The average molecular weight is 175 g/mol. The van der Waals surface area contributed by atoms with Gasteiger partial charge in [0.1, 0.15) is 11.5 Å². The Morgan fingerprint density at radius 3 is 2.38 bits per heavy atom. The van der Waals surface area contributed by atoms with Crippen LogP contribution in [-0.2, 0) is 0 Å². The van der Waals surface area contributed by atoms with E-state index in [9.17, 15) is 4.39 Å². The van der Waals surface area contributed by atoms with Crippen LogP contribution >= 0.6 is 0 Å². The van der Waals surface area contributed by atoms with Crippen molar-refractivity contribution in [1.82, 2.24) is 15.0 Å². The van der Waals surface area contributed by atoms with Crippen LogP contribution in [0.2, 0.25) is 0 Å². The summed E-state index contributed by atoms with van der Waals surface area (Å²) in [6.45, 7) is 0. The van der Waals surface area contributed by atoms with E-state index >= 15 is 0 Å². The molecule has 64 valence electrons. The number of aromatic nitrogens is 3. The lowest BCUT2D eigenvalue weighted by Crippen LogP contribution is -1.90. The van der Waals surface area contributed by atoms with Gasteiger partial charge in [0.15, 0.2) is 5.82 Å². The molecule has 0 amide bonds. The predicted molar refractivity (Wildman–Crippen MR) is 45.2 cm³/mol. The summed E-state index contributed by atoms with van der Waals surface area (Å²) in [4.78, 5) is 11.8. The third-order valence-electron chi connectivity index (χ3n) is 1.52. The zero-order chi connectivity index (χ0) is 9.10. The molecule has 4 heteroatoms. The molecule has 2 rings (SSSR count). The fourth-order valence-electron chi connectivity index (χ4n) is 0.939. The van der Waals surface area contributed by atoms with Crippen molar-refractivity contribution in [2.75, 3.05) is 0 Å². The zero-order valence-corrected chi connectivity index (χ0v) is 6.68. The van der Waals surface area contributed by atoms with E-state index in [-0.39, 0.29) is 5.82 Å². The molecule has 0 N–H and O–H groups in total. The number of hydrogen-bond acceptors (Lipinski definition) is 3. The summed E-state index contributed by atoms with van der Waals surface area (Å²) in [6.07, 6.45) is 4.38. The third kappa shape index (κ3) is 1.66. The fraction of sp³-hybridized carbons (Fsp3) is 0. The van der Waals surface area contributed by atoms with E-state index in [2.05, 4.69) is 15.0 Å². The Balaban J connectivity index is 2.42. The molecular weight excluding hydrogens is 169 g/mol. The van der Waals surface area contributed by atoms with Gasteiger partial charge in [0, 0.05) is 12.4 Å². The summed E-state index contributed by atoms with van der Waals surface area (Å²) < 4.78 is 12.5. The van der Waals surface area contributed by atoms with E-state index in [4.69, 9.17) is 0 Å². The van der Waals surface area contributed by atoms with Crippen LogP contribution in [0.3, 0.4) is 0 Å². The van der Waals surface area contributed by atoms with E-state index in [0.29, 0.717) is 11.5 Å². The maximum atomic E-state index is 12.5. The highest BCUT2D eigenvalue weighted by molar-refractivity contribution is 5.47. The summed E-state index contributed by atoms with van der Waals surface area (Å²) in [5.74, 6) is 0.141. The van der Waals surface area contributed by atoms with E-state index in [1.807, 2.05) is 0 Å². The van der Waals surface area contributed by atoms with Crippen molar-refractivity contribution in [3.05, 3.63) is 42.6 Å². The normalized spacial score (nSPS) is 9.92. The number of pyridine rings is 1. The molecule has 2 heterocycles. The lowest BCUT2D eigenvalue weighted by atomic mass is 10.3. The fourth-order valence-corrected chi connectivity index (χ4v) is 0.939. The molecule has 0 radical (unpaired) electrons. The van der Waals surface area contributed by atoms with Gasteiger partial charge in [-0.05, 0) is 18.2 Å². The molecule has 0 bridgehead atoms. The highest BCUT2D eigenvalue weighted by atomic mass is 19.1. The first-order valence-corrected chi connectivity index (χ1v) is 3.75. The smallest absolute Gasteiger partial charge is 0.178 e. The Kier molecular flexibility index (Phi) is 1.96. The number of halogens is 1. The van der Waals surface area contributed by atoms with Gasteiger partial charge in [-0.3, -0.25) is 0 Å². The lowest BCUT2D eigenvalue weighted by Gasteiger charge is -1.96. The summed E-state index contributed by atoms with van der Waals surface area (Å²) in [5, 5.41) is 0. The molecule has 2 aromatic rings. The quantitative estimate of drug-likeness (QED) is 0.661. The summed E-state index contributed by atoms with van der Waals surface area (Å²) in [6, 6.07) is 4.59. The van der Waals surface area contributed by atoms with Crippen molar-refractivity contribution in [2.45, 2.75) is 0 Å². The maximum absolute atomic E-state index is 12.5. The zero-order valence-electron chi connectivity index (χ0n) is 6.68. The monoisotopic (exact) mass is 175 g/mol. The molecule has 0 fully saturated rings. The van der Waals surface area contributed by atoms with Gasteiger partial charge in [0.05, 0.1) is 6.20 Å². The number of nitrogens with zero attached hydrogens (tertiary/aromatic N) is 3. The predicted octanol–water partition coefficient (Wildman–Crippen LogP) is 1.68. The number of rotatable bonds is 1. The molecule has 3 nitrogen and oxygen atoms in total. The second-order valence-electron chi connectivity index (χ2n) is 2.43. The largest absolute Gasteiger partial charge is 0.250 e. The van der Waals surface area contributed by atoms with Crippen LogP contribution in [0, 0.1) is 5.82 Å². The van der Waals surface area contributed by atoms with Crippen LogP contribution in [0.4, 0.5) is 4.39 Å². The Morgan fingerprint density at radius 1 is 1.00 bits per heavy atom. The minimum absolute atomic E-state index is 0.361. The topological polar surface area (TPSA) is 38.7 Å². The van der Waals surface area contributed by atoms with Crippen LogP contribution in [0.25, 0.3) is 11.5 Å². The SMILES string of the molecule is Fc1ccc(-c2ncccn2)nc1. The second kappa shape index (κ2) is 3.26. The summed E-state index contributed by atoms with van der Waals surface area (Å²) >= 11 is 0. The molecule has 0 spiro atoms. The Hall–Kier alpha value is -1.84. The van der Waals surface area contributed by atoms with Gasteiger partial charge < -0.3 is 0 Å². The van der Waals surface area contributed by atoms with Crippen molar-refractivity contribution in [1.29, 1.82) is 0 Å². The average Bonchev–Trinajstić information content (AvgIpc) is 2.20. The molecule has 0 aliphatic carbocycles. The Labute approximate surface area is 74.3 Å². The summed E-state index contributed by atoms with van der Waals surface area (Å²) in [7, 11) is 0. The van der Waals surface area contributed by atoms with Crippen molar-refractivity contribution >= 4 is 0 Å². The minimum Gasteiger partial charge on any atom is -0.250 e. The minimum atomic E-state index is -0.361.